The zero-order valence-electron chi connectivity index (χ0n) is 13.6. The van der Waals surface area contributed by atoms with Crippen LogP contribution in [0.15, 0.2) is 17.0 Å². The molecule has 0 aliphatic carbocycles. The van der Waals surface area contributed by atoms with E-state index in [2.05, 4.69) is 10.1 Å². The molecule has 0 heterocycles. The van der Waals surface area contributed by atoms with Crippen LogP contribution < -0.4 is 5.32 Å². The molecule has 0 aliphatic heterocycles. The van der Waals surface area contributed by atoms with Crippen LogP contribution in [0.1, 0.15) is 33.6 Å². The van der Waals surface area contributed by atoms with Crippen molar-refractivity contribution in [1.29, 1.82) is 0 Å². The quantitative estimate of drug-likeness (QED) is 0.573. The molecule has 1 amide bonds. The maximum atomic E-state index is 14.0. The first-order valence-electron chi connectivity index (χ1n) is 7.38. The van der Waals surface area contributed by atoms with Crippen LogP contribution in [0.5, 0.6) is 0 Å². The average Bonchev–Trinajstić information content (AvgIpc) is 2.52. The predicted octanol–water partition coefficient (Wildman–Crippen LogP) is 4.51. The minimum atomic E-state index is -0.607. The van der Waals surface area contributed by atoms with Crippen molar-refractivity contribution in [3.05, 3.63) is 23.0 Å². The summed E-state index contributed by atoms with van der Waals surface area (Å²) in [6, 6.07) is 2.58. The van der Waals surface area contributed by atoms with Crippen molar-refractivity contribution in [2.24, 2.45) is 5.92 Å². The first-order valence-corrected chi connectivity index (χ1v) is 8.64. The lowest BCUT2D eigenvalue weighted by atomic mass is 10.0. The molecule has 7 heteroatoms. The molecule has 0 bridgehead atoms. The predicted molar refractivity (Wildman–Crippen MR) is 91.4 cm³/mol. The summed E-state index contributed by atoms with van der Waals surface area (Å²) in [5.74, 6) is -1.41. The maximum absolute atomic E-state index is 14.0. The van der Waals surface area contributed by atoms with Gasteiger partial charge in [-0.2, -0.15) is 0 Å². The lowest BCUT2D eigenvalue weighted by Crippen LogP contribution is -2.22. The molecule has 0 aromatic heterocycles. The third-order valence-electron chi connectivity index (χ3n) is 3.47. The second-order valence-electron chi connectivity index (χ2n) is 5.05. The third kappa shape index (κ3) is 5.39. The number of nitrogens with one attached hydrogen (secondary N) is 1. The zero-order chi connectivity index (χ0) is 17.6. The fourth-order valence-corrected chi connectivity index (χ4v) is 3.23. The molecule has 1 aromatic carbocycles. The first-order chi connectivity index (χ1) is 10.8. The second kappa shape index (κ2) is 9.13. The highest BCUT2D eigenvalue weighted by Gasteiger charge is 2.20. The maximum Gasteiger partial charge on any atom is 0.318 e. The van der Waals surface area contributed by atoms with E-state index in [1.807, 2.05) is 13.8 Å². The van der Waals surface area contributed by atoms with Crippen LogP contribution >= 0.6 is 23.4 Å². The number of methoxy groups -OCH3 is 1. The molecule has 1 atom stereocenters. The van der Waals surface area contributed by atoms with E-state index >= 15 is 0 Å². The Morgan fingerprint density at radius 2 is 1.96 bits per heavy atom. The highest BCUT2D eigenvalue weighted by molar-refractivity contribution is 8.00. The number of hydrogen-bond donors (Lipinski definition) is 1. The van der Waals surface area contributed by atoms with Crippen LogP contribution in [0.25, 0.3) is 0 Å². The normalized spacial score (nSPS) is 12.1. The molecule has 128 valence electrons. The number of anilines is 1. The van der Waals surface area contributed by atoms with Crippen LogP contribution in [0.3, 0.4) is 0 Å². The van der Waals surface area contributed by atoms with Gasteiger partial charge in [-0.3, -0.25) is 9.59 Å². The Morgan fingerprint density at radius 1 is 1.35 bits per heavy atom. The summed E-state index contributed by atoms with van der Waals surface area (Å²) >= 11 is 7.17. The van der Waals surface area contributed by atoms with Gasteiger partial charge < -0.3 is 10.1 Å². The van der Waals surface area contributed by atoms with Crippen LogP contribution in [0.4, 0.5) is 10.1 Å². The average molecular weight is 362 g/mol. The molecule has 0 radical (unpaired) electrons. The Balaban J connectivity index is 2.99. The van der Waals surface area contributed by atoms with Crippen molar-refractivity contribution >= 4 is 40.9 Å². The number of carbonyl (C=O) groups excluding carboxylic acids is 2. The highest BCUT2D eigenvalue weighted by Crippen LogP contribution is 2.35. The number of ether oxygens (including phenoxy) is 1. The van der Waals surface area contributed by atoms with E-state index in [-0.39, 0.29) is 22.5 Å². The van der Waals surface area contributed by atoms with Crippen molar-refractivity contribution in [3.63, 3.8) is 0 Å². The number of hydrogen-bond acceptors (Lipinski definition) is 4. The molecular weight excluding hydrogens is 341 g/mol. The molecule has 0 spiro atoms. The van der Waals surface area contributed by atoms with Crippen LogP contribution in [-0.2, 0) is 14.3 Å². The van der Waals surface area contributed by atoms with E-state index in [1.54, 1.807) is 6.92 Å². The zero-order valence-corrected chi connectivity index (χ0v) is 15.2. The van der Waals surface area contributed by atoms with Gasteiger partial charge in [0, 0.05) is 10.8 Å². The number of halogens is 2. The van der Waals surface area contributed by atoms with Gasteiger partial charge in [0.25, 0.3) is 0 Å². The van der Waals surface area contributed by atoms with Gasteiger partial charge in [-0.15, -0.1) is 11.8 Å². The van der Waals surface area contributed by atoms with Gasteiger partial charge in [-0.1, -0.05) is 25.4 Å². The van der Waals surface area contributed by atoms with E-state index in [0.29, 0.717) is 17.7 Å². The first kappa shape index (κ1) is 19.8. The highest BCUT2D eigenvalue weighted by atomic mass is 35.5. The Hall–Kier alpha value is -1.27. The smallest absolute Gasteiger partial charge is 0.318 e. The summed E-state index contributed by atoms with van der Waals surface area (Å²) in [7, 11) is 1.30. The summed E-state index contributed by atoms with van der Waals surface area (Å²) in [6.07, 6.45) is 1.36. The van der Waals surface area contributed by atoms with Crippen molar-refractivity contribution in [2.75, 3.05) is 12.4 Å². The summed E-state index contributed by atoms with van der Waals surface area (Å²) in [6.45, 7) is 5.48. The monoisotopic (exact) mass is 361 g/mol. The molecule has 0 fully saturated rings. The van der Waals surface area contributed by atoms with Gasteiger partial charge >= 0.3 is 5.97 Å². The molecule has 0 aliphatic rings. The Morgan fingerprint density at radius 3 is 2.48 bits per heavy atom. The summed E-state index contributed by atoms with van der Waals surface area (Å²) in [5, 5.41) is 2.28. The molecule has 23 heavy (non-hydrogen) atoms. The van der Waals surface area contributed by atoms with Crippen molar-refractivity contribution < 1.29 is 18.7 Å². The van der Waals surface area contributed by atoms with Crippen molar-refractivity contribution in [1.82, 2.24) is 0 Å². The molecular formula is C16H21ClFNO3S. The van der Waals surface area contributed by atoms with Gasteiger partial charge in [-0.05, 0) is 31.9 Å². The minimum Gasteiger partial charge on any atom is -0.468 e. The third-order valence-corrected chi connectivity index (χ3v) is 5.04. The number of thioether (sulfide) groups is 1. The van der Waals surface area contributed by atoms with E-state index in [4.69, 9.17) is 11.6 Å². The van der Waals surface area contributed by atoms with E-state index in [0.717, 1.165) is 17.8 Å². The fraction of sp³-hybridized carbons (Fsp3) is 0.500. The summed E-state index contributed by atoms with van der Waals surface area (Å²) in [4.78, 5) is 24.1. The Bertz CT molecular complexity index is 579. The van der Waals surface area contributed by atoms with E-state index in [1.165, 1.54) is 13.2 Å². The number of esters is 1. The van der Waals surface area contributed by atoms with Gasteiger partial charge in [0.1, 0.15) is 11.1 Å². The molecule has 1 rings (SSSR count). The molecule has 1 N–H and O–H groups in total. The van der Waals surface area contributed by atoms with Gasteiger partial charge in [0.05, 0.1) is 17.8 Å². The van der Waals surface area contributed by atoms with E-state index < -0.39 is 17.0 Å². The standard InChI is InChI=1S/C16H21ClFNO3S/c1-5-10(6-2)15(20)19-13-8-14(11(17)7-12(13)18)23-9(3)16(21)22-4/h7-10H,5-6H2,1-4H3,(H,19,20). The second-order valence-corrected chi connectivity index (χ2v) is 6.84. The fourth-order valence-electron chi connectivity index (χ4n) is 2.01. The minimum absolute atomic E-state index is 0.0610. The van der Waals surface area contributed by atoms with Gasteiger partial charge in [0.15, 0.2) is 0 Å². The molecule has 1 aromatic rings. The van der Waals surface area contributed by atoms with Crippen LogP contribution in [0, 0.1) is 11.7 Å². The molecule has 0 saturated carbocycles. The van der Waals surface area contributed by atoms with Crippen molar-refractivity contribution in [3.8, 4) is 0 Å². The lowest BCUT2D eigenvalue weighted by Gasteiger charge is -2.15. The molecule has 0 saturated heterocycles. The van der Waals surface area contributed by atoms with Gasteiger partial charge in [0.2, 0.25) is 5.91 Å². The number of rotatable bonds is 7. The number of carbonyl (C=O) groups is 2. The topological polar surface area (TPSA) is 55.4 Å². The largest absolute Gasteiger partial charge is 0.468 e. The summed E-state index contributed by atoms with van der Waals surface area (Å²) in [5.41, 5.74) is 0.0610. The Labute approximate surface area is 145 Å². The van der Waals surface area contributed by atoms with Crippen LogP contribution in [0.2, 0.25) is 5.02 Å². The summed E-state index contributed by atoms with van der Waals surface area (Å²) < 4.78 is 18.7. The van der Waals surface area contributed by atoms with Gasteiger partial charge in [-0.25, -0.2) is 4.39 Å². The molecule has 4 nitrogen and oxygen atoms in total. The SMILES string of the molecule is CCC(CC)C(=O)Nc1cc(SC(C)C(=O)OC)c(Cl)cc1F. The number of amides is 1. The lowest BCUT2D eigenvalue weighted by molar-refractivity contribution is -0.139. The molecule has 1 unspecified atom stereocenters. The van der Waals surface area contributed by atoms with Crippen molar-refractivity contribution in [2.45, 2.75) is 43.8 Å². The number of benzene rings is 1. The Kier molecular flexibility index (Phi) is 7.85. The van der Waals surface area contributed by atoms with Crippen LogP contribution in [-0.4, -0.2) is 24.2 Å². The van der Waals surface area contributed by atoms with E-state index in [9.17, 15) is 14.0 Å².